The van der Waals surface area contributed by atoms with Gasteiger partial charge in [-0.25, -0.2) is 0 Å². The molecule has 9 rings (SSSR count). The molecule has 0 atom stereocenters. The molecule has 1 aliphatic carbocycles. The topological polar surface area (TPSA) is 3.24 Å². The zero-order chi connectivity index (χ0) is 29.4. The molecule has 0 spiro atoms. The standard InChI is InChI=1S/C43H31N/c1-43(2)38-14-7-6-13-35(38)36-25-23-34(27-39(36)43)44(33-21-17-29(18-22-33)28-9-4-3-5-10-28)40-26-20-32-16-15-30-11-8-12-31-19-24-37(40)42(32)41(30)31/h3-27H,1-2H3. The van der Waals surface area contributed by atoms with Crippen LogP contribution in [-0.4, -0.2) is 0 Å². The van der Waals surface area contributed by atoms with Crippen LogP contribution in [0.3, 0.4) is 0 Å². The number of rotatable bonds is 4. The monoisotopic (exact) mass is 561 g/mol. The lowest BCUT2D eigenvalue weighted by Gasteiger charge is -2.29. The number of anilines is 3. The molecule has 44 heavy (non-hydrogen) atoms. The lowest BCUT2D eigenvalue weighted by Crippen LogP contribution is -2.16. The van der Waals surface area contributed by atoms with E-state index in [-0.39, 0.29) is 5.41 Å². The van der Waals surface area contributed by atoms with Crippen LogP contribution in [0, 0.1) is 0 Å². The van der Waals surface area contributed by atoms with Gasteiger partial charge in [-0.2, -0.15) is 0 Å². The third-order valence-electron chi connectivity index (χ3n) is 9.80. The Morgan fingerprint density at radius 1 is 0.432 bits per heavy atom. The van der Waals surface area contributed by atoms with Gasteiger partial charge in [0.2, 0.25) is 0 Å². The Kier molecular flexibility index (Phi) is 5.31. The molecule has 0 bridgehead atoms. The van der Waals surface area contributed by atoms with Crippen LogP contribution in [0.1, 0.15) is 25.0 Å². The summed E-state index contributed by atoms with van der Waals surface area (Å²) in [7, 11) is 0. The molecule has 8 aromatic carbocycles. The van der Waals surface area contributed by atoms with E-state index in [0.29, 0.717) is 0 Å². The van der Waals surface area contributed by atoms with E-state index in [1.807, 2.05) is 0 Å². The zero-order valence-electron chi connectivity index (χ0n) is 24.9. The minimum absolute atomic E-state index is 0.0760. The van der Waals surface area contributed by atoms with Crippen LogP contribution < -0.4 is 4.90 Å². The zero-order valence-corrected chi connectivity index (χ0v) is 24.9. The highest BCUT2D eigenvalue weighted by Gasteiger charge is 2.35. The average Bonchev–Trinajstić information content (AvgIpc) is 3.31. The molecule has 0 amide bonds. The summed E-state index contributed by atoms with van der Waals surface area (Å²) in [6.45, 7) is 4.72. The Hall–Kier alpha value is -5.40. The van der Waals surface area contributed by atoms with Gasteiger partial charge < -0.3 is 4.90 Å². The fourth-order valence-electron chi connectivity index (χ4n) is 7.61. The maximum atomic E-state index is 2.46. The lowest BCUT2D eigenvalue weighted by molar-refractivity contribution is 0.660. The Morgan fingerprint density at radius 3 is 1.84 bits per heavy atom. The average molecular weight is 562 g/mol. The van der Waals surface area contributed by atoms with E-state index in [2.05, 4.69) is 170 Å². The number of benzene rings is 8. The minimum atomic E-state index is -0.0760. The van der Waals surface area contributed by atoms with E-state index in [9.17, 15) is 0 Å². The molecule has 0 fully saturated rings. The summed E-state index contributed by atoms with van der Waals surface area (Å²) in [5.74, 6) is 0. The van der Waals surface area contributed by atoms with E-state index in [1.165, 1.54) is 77.1 Å². The molecule has 0 saturated heterocycles. The van der Waals surface area contributed by atoms with Crippen LogP contribution in [0.2, 0.25) is 0 Å². The van der Waals surface area contributed by atoms with Crippen LogP contribution >= 0.6 is 0 Å². The SMILES string of the molecule is CC1(C)c2ccccc2-c2ccc(N(c3ccc(-c4ccccc4)cc3)c3ccc4ccc5cccc6ccc3c4c56)cc21. The maximum Gasteiger partial charge on any atom is 0.0540 e. The predicted molar refractivity (Wildman–Crippen MR) is 188 cm³/mol. The van der Waals surface area contributed by atoms with Crippen LogP contribution in [0.4, 0.5) is 17.1 Å². The Bertz CT molecular complexity index is 2330. The van der Waals surface area contributed by atoms with Gasteiger partial charge >= 0.3 is 0 Å². The fraction of sp³-hybridized carbons (Fsp3) is 0.0698. The summed E-state index contributed by atoms with van der Waals surface area (Å²) in [5.41, 5.74) is 11.3. The van der Waals surface area contributed by atoms with E-state index >= 15 is 0 Å². The molecule has 0 aromatic heterocycles. The Balaban J connectivity index is 1.29. The highest BCUT2D eigenvalue weighted by molar-refractivity contribution is 6.25. The second-order valence-electron chi connectivity index (χ2n) is 12.6. The van der Waals surface area contributed by atoms with Crippen LogP contribution in [-0.2, 0) is 5.41 Å². The molecule has 8 aromatic rings. The van der Waals surface area contributed by atoms with Crippen molar-refractivity contribution in [3.8, 4) is 22.3 Å². The second kappa shape index (κ2) is 9.30. The molecule has 0 saturated carbocycles. The van der Waals surface area contributed by atoms with Gasteiger partial charge in [0, 0.05) is 22.2 Å². The van der Waals surface area contributed by atoms with Gasteiger partial charge in [-0.1, -0.05) is 135 Å². The van der Waals surface area contributed by atoms with Crippen LogP contribution in [0.25, 0.3) is 54.6 Å². The van der Waals surface area contributed by atoms with E-state index in [1.54, 1.807) is 0 Å². The van der Waals surface area contributed by atoms with Gasteiger partial charge in [0.1, 0.15) is 0 Å². The molecule has 0 heterocycles. The van der Waals surface area contributed by atoms with Gasteiger partial charge in [0.05, 0.1) is 5.69 Å². The summed E-state index contributed by atoms with van der Waals surface area (Å²) in [6.07, 6.45) is 0. The molecule has 0 radical (unpaired) electrons. The smallest absolute Gasteiger partial charge is 0.0540 e. The molecule has 1 nitrogen and oxygen atoms in total. The van der Waals surface area contributed by atoms with Gasteiger partial charge in [-0.3, -0.25) is 0 Å². The third kappa shape index (κ3) is 3.59. The molecule has 0 aliphatic heterocycles. The van der Waals surface area contributed by atoms with Gasteiger partial charge in [0.25, 0.3) is 0 Å². The van der Waals surface area contributed by atoms with Gasteiger partial charge in [0.15, 0.2) is 0 Å². The number of hydrogen-bond donors (Lipinski definition) is 0. The molecule has 0 unspecified atom stereocenters. The number of hydrogen-bond acceptors (Lipinski definition) is 1. The molecule has 1 heteroatoms. The highest BCUT2D eigenvalue weighted by Crippen LogP contribution is 2.51. The summed E-state index contributed by atoms with van der Waals surface area (Å²) in [6, 6.07) is 56.0. The summed E-state index contributed by atoms with van der Waals surface area (Å²) < 4.78 is 0. The first kappa shape index (κ1) is 25.1. The molecule has 1 aliphatic rings. The largest absolute Gasteiger partial charge is 0.310 e. The minimum Gasteiger partial charge on any atom is -0.310 e. The van der Waals surface area contributed by atoms with Crippen molar-refractivity contribution < 1.29 is 0 Å². The summed E-state index contributed by atoms with van der Waals surface area (Å²) >= 11 is 0. The van der Waals surface area contributed by atoms with Crippen molar-refractivity contribution in [2.75, 3.05) is 4.90 Å². The quantitative estimate of drug-likeness (QED) is 0.193. The highest BCUT2D eigenvalue weighted by atomic mass is 15.1. The molecular formula is C43H31N. The molecule has 0 N–H and O–H groups in total. The van der Waals surface area contributed by atoms with Gasteiger partial charge in [-0.05, 0) is 90.6 Å². The Labute approximate surface area is 258 Å². The van der Waals surface area contributed by atoms with E-state index in [0.717, 1.165) is 5.69 Å². The van der Waals surface area contributed by atoms with Crippen molar-refractivity contribution in [3.05, 3.63) is 163 Å². The number of nitrogens with zero attached hydrogens (tertiary/aromatic N) is 1. The fourth-order valence-corrected chi connectivity index (χ4v) is 7.61. The maximum absolute atomic E-state index is 2.46. The van der Waals surface area contributed by atoms with Crippen molar-refractivity contribution in [2.45, 2.75) is 19.3 Å². The van der Waals surface area contributed by atoms with Crippen molar-refractivity contribution in [3.63, 3.8) is 0 Å². The van der Waals surface area contributed by atoms with Crippen molar-refractivity contribution in [1.82, 2.24) is 0 Å². The van der Waals surface area contributed by atoms with Crippen molar-refractivity contribution >= 4 is 49.4 Å². The Morgan fingerprint density at radius 2 is 1.05 bits per heavy atom. The van der Waals surface area contributed by atoms with E-state index < -0.39 is 0 Å². The third-order valence-corrected chi connectivity index (χ3v) is 9.80. The summed E-state index contributed by atoms with van der Waals surface area (Å²) in [5, 5.41) is 7.79. The first-order valence-electron chi connectivity index (χ1n) is 15.4. The molecule has 208 valence electrons. The van der Waals surface area contributed by atoms with Crippen LogP contribution in [0.5, 0.6) is 0 Å². The van der Waals surface area contributed by atoms with Crippen molar-refractivity contribution in [1.29, 1.82) is 0 Å². The first-order valence-corrected chi connectivity index (χ1v) is 15.4. The number of fused-ring (bicyclic) bond motifs is 3. The van der Waals surface area contributed by atoms with Gasteiger partial charge in [-0.15, -0.1) is 0 Å². The van der Waals surface area contributed by atoms with E-state index in [4.69, 9.17) is 0 Å². The van der Waals surface area contributed by atoms with Crippen molar-refractivity contribution in [2.24, 2.45) is 0 Å². The summed E-state index contributed by atoms with van der Waals surface area (Å²) in [4.78, 5) is 2.46. The second-order valence-corrected chi connectivity index (χ2v) is 12.6. The lowest BCUT2D eigenvalue weighted by atomic mass is 9.82. The normalized spacial score (nSPS) is 13.4. The van der Waals surface area contributed by atoms with Crippen LogP contribution in [0.15, 0.2) is 152 Å². The molecular weight excluding hydrogens is 530 g/mol. The first-order chi connectivity index (χ1) is 21.6. The predicted octanol–water partition coefficient (Wildman–Crippen LogP) is 12.0.